The number of carbonyl (C=O) groups is 2. The van der Waals surface area contributed by atoms with Crippen LogP contribution in [0.15, 0.2) is 49.1 Å². The summed E-state index contributed by atoms with van der Waals surface area (Å²) < 4.78 is 5.44. The van der Waals surface area contributed by atoms with E-state index in [1.807, 2.05) is 0 Å². The lowest BCUT2D eigenvalue weighted by Crippen LogP contribution is -2.22. The molecule has 0 saturated carbocycles. The maximum absolute atomic E-state index is 12.6. The summed E-state index contributed by atoms with van der Waals surface area (Å²) >= 11 is 0. The largest absolute Gasteiger partial charge is 0.507 e. The second-order valence-corrected chi connectivity index (χ2v) is 4.64. The fourth-order valence-corrected chi connectivity index (χ4v) is 2.45. The van der Waals surface area contributed by atoms with Crippen molar-refractivity contribution in [3.8, 4) is 11.5 Å². The summed E-state index contributed by atoms with van der Waals surface area (Å²) in [5, 5.41) is 9.97. The fourth-order valence-electron chi connectivity index (χ4n) is 2.45. The number of benzene rings is 2. The van der Waals surface area contributed by atoms with E-state index in [-0.39, 0.29) is 40.8 Å². The number of ketones is 2. The smallest absolute Gasteiger partial charge is 0.198 e. The lowest BCUT2D eigenvalue weighted by molar-refractivity contribution is 0.0973. The molecule has 0 aromatic heterocycles. The zero-order valence-corrected chi connectivity index (χ0v) is 11.1. The number of rotatable bonds is 3. The first kappa shape index (κ1) is 13.1. The number of phenolic OH excluding ortho intramolecular Hbond substituents is 1. The number of hydrogen-bond acceptors (Lipinski definition) is 4. The third-order valence-corrected chi connectivity index (χ3v) is 3.37. The van der Waals surface area contributed by atoms with Crippen molar-refractivity contribution in [1.29, 1.82) is 0 Å². The predicted molar refractivity (Wildman–Crippen MR) is 77.1 cm³/mol. The molecule has 2 aromatic carbocycles. The minimum atomic E-state index is -0.373. The van der Waals surface area contributed by atoms with Gasteiger partial charge in [0.25, 0.3) is 0 Å². The van der Waals surface area contributed by atoms with Crippen molar-refractivity contribution in [1.82, 2.24) is 0 Å². The Hall–Kier alpha value is -2.88. The van der Waals surface area contributed by atoms with Gasteiger partial charge in [-0.05, 0) is 12.1 Å². The van der Waals surface area contributed by atoms with Gasteiger partial charge in [-0.25, -0.2) is 0 Å². The zero-order chi connectivity index (χ0) is 15.0. The molecule has 4 nitrogen and oxygen atoms in total. The Kier molecular flexibility index (Phi) is 3.06. The van der Waals surface area contributed by atoms with E-state index in [2.05, 4.69) is 6.58 Å². The number of phenols is 1. The first-order chi connectivity index (χ1) is 10.1. The second kappa shape index (κ2) is 4.90. The lowest BCUT2D eigenvalue weighted by Gasteiger charge is -2.20. The van der Waals surface area contributed by atoms with Gasteiger partial charge in [-0.3, -0.25) is 9.59 Å². The van der Waals surface area contributed by atoms with Crippen LogP contribution in [0.2, 0.25) is 0 Å². The van der Waals surface area contributed by atoms with Crippen molar-refractivity contribution >= 4 is 11.6 Å². The summed E-state index contributed by atoms with van der Waals surface area (Å²) in [6, 6.07) is 9.40. The van der Waals surface area contributed by atoms with Crippen molar-refractivity contribution in [2.75, 3.05) is 6.61 Å². The molecule has 0 bridgehead atoms. The van der Waals surface area contributed by atoms with Crippen LogP contribution in [0, 0.1) is 0 Å². The van der Waals surface area contributed by atoms with Crippen LogP contribution in [-0.4, -0.2) is 23.3 Å². The molecule has 4 heteroatoms. The monoisotopic (exact) mass is 280 g/mol. The Bertz CT molecular complexity index is 774. The molecule has 0 spiro atoms. The number of carbonyl (C=O) groups excluding carboxylic acids is 2. The van der Waals surface area contributed by atoms with Crippen LogP contribution >= 0.6 is 0 Å². The maximum Gasteiger partial charge on any atom is 0.198 e. The van der Waals surface area contributed by atoms with E-state index in [9.17, 15) is 14.7 Å². The third kappa shape index (κ3) is 1.92. The summed E-state index contributed by atoms with van der Waals surface area (Å²) in [7, 11) is 0. The van der Waals surface area contributed by atoms with E-state index in [0.717, 1.165) is 0 Å². The summed E-state index contributed by atoms with van der Waals surface area (Å²) in [5.41, 5.74) is 0.732. The van der Waals surface area contributed by atoms with Crippen LogP contribution in [0.1, 0.15) is 31.8 Å². The average molecular weight is 280 g/mol. The van der Waals surface area contributed by atoms with Crippen LogP contribution in [0.25, 0.3) is 0 Å². The van der Waals surface area contributed by atoms with Gasteiger partial charge < -0.3 is 9.84 Å². The number of fused-ring (bicyclic) bond motifs is 2. The van der Waals surface area contributed by atoms with Crippen LogP contribution in [0.3, 0.4) is 0 Å². The Balaban J connectivity index is 2.26. The molecule has 21 heavy (non-hydrogen) atoms. The van der Waals surface area contributed by atoms with Gasteiger partial charge >= 0.3 is 0 Å². The molecular weight excluding hydrogens is 268 g/mol. The topological polar surface area (TPSA) is 63.6 Å². The zero-order valence-electron chi connectivity index (χ0n) is 11.1. The van der Waals surface area contributed by atoms with Crippen molar-refractivity contribution in [3.63, 3.8) is 0 Å². The first-order valence-corrected chi connectivity index (χ1v) is 6.43. The van der Waals surface area contributed by atoms with Crippen LogP contribution in [0.5, 0.6) is 11.5 Å². The molecule has 0 fully saturated rings. The molecule has 0 heterocycles. The predicted octanol–water partition coefficient (Wildman–Crippen LogP) is 2.73. The number of ether oxygens (including phenoxy) is 1. The highest BCUT2D eigenvalue weighted by Crippen LogP contribution is 2.37. The Morgan fingerprint density at radius 2 is 1.62 bits per heavy atom. The molecule has 1 aliphatic rings. The molecule has 0 unspecified atom stereocenters. The van der Waals surface area contributed by atoms with Gasteiger partial charge in [0.2, 0.25) is 0 Å². The Morgan fingerprint density at radius 1 is 1.00 bits per heavy atom. The minimum absolute atomic E-state index is 0.000243. The van der Waals surface area contributed by atoms with Gasteiger partial charge in [-0.2, -0.15) is 0 Å². The van der Waals surface area contributed by atoms with E-state index in [0.29, 0.717) is 11.1 Å². The van der Waals surface area contributed by atoms with Crippen molar-refractivity contribution in [2.24, 2.45) is 0 Å². The minimum Gasteiger partial charge on any atom is -0.507 e. The molecule has 1 N–H and O–H groups in total. The van der Waals surface area contributed by atoms with Gasteiger partial charge in [0, 0.05) is 11.1 Å². The normalized spacial score (nSPS) is 12.6. The van der Waals surface area contributed by atoms with Crippen molar-refractivity contribution in [2.45, 2.75) is 0 Å². The number of aromatic hydroxyl groups is 1. The summed E-state index contributed by atoms with van der Waals surface area (Å²) in [5.74, 6) is -0.642. The van der Waals surface area contributed by atoms with Crippen molar-refractivity contribution in [3.05, 3.63) is 71.3 Å². The van der Waals surface area contributed by atoms with Gasteiger partial charge in [0.1, 0.15) is 18.1 Å². The van der Waals surface area contributed by atoms with E-state index in [1.54, 1.807) is 30.3 Å². The molecule has 2 aromatic rings. The second-order valence-electron chi connectivity index (χ2n) is 4.64. The summed E-state index contributed by atoms with van der Waals surface area (Å²) in [4.78, 5) is 25.1. The highest BCUT2D eigenvalue weighted by atomic mass is 16.5. The summed E-state index contributed by atoms with van der Waals surface area (Å²) in [6.07, 6.45) is 1.54. The summed E-state index contributed by atoms with van der Waals surface area (Å²) in [6.45, 7) is 3.76. The molecule has 3 rings (SSSR count). The maximum atomic E-state index is 12.6. The lowest BCUT2D eigenvalue weighted by atomic mass is 9.83. The molecule has 0 amide bonds. The Labute approximate surface area is 121 Å². The molecule has 0 atom stereocenters. The Morgan fingerprint density at radius 3 is 2.24 bits per heavy atom. The van der Waals surface area contributed by atoms with E-state index >= 15 is 0 Å². The van der Waals surface area contributed by atoms with Gasteiger partial charge in [-0.1, -0.05) is 36.9 Å². The van der Waals surface area contributed by atoms with Crippen LogP contribution in [0.4, 0.5) is 0 Å². The SMILES string of the molecule is C=CCOc1ccc(O)c2c1C(=O)c1ccccc1C2=O. The average Bonchev–Trinajstić information content (AvgIpc) is 2.51. The molecule has 104 valence electrons. The molecule has 0 aliphatic heterocycles. The van der Waals surface area contributed by atoms with E-state index < -0.39 is 0 Å². The third-order valence-electron chi connectivity index (χ3n) is 3.37. The molecule has 0 saturated heterocycles. The van der Waals surface area contributed by atoms with Crippen molar-refractivity contribution < 1.29 is 19.4 Å². The van der Waals surface area contributed by atoms with E-state index in [1.165, 1.54) is 12.1 Å². The first-order valence-electron chi connectivity index (χ1n) is 6.43. The standard InChI is InChI=1S/C17H12O4/c1-2-9-21-13-8-7-12(18)14-15(13)17(20)11-6-4-3-5-10(11)16(14)19/h2-8,18H,1,9H2. The fraction of sp³-hybridized carbons (Fsp3) is 0.0588. The highest BCUT2D eigenvalue weighted by Gasteiger charge is 2.34. The molecular formula is C17H12O4. The van der Waals surface area contributed by atoms with Crippen LogP contribution in [-0.2, 0) is 0 Å². The number of hydrogen-bond donors (Lipinski definition) is 1. The quantitative estimate of drug-likeness (QED) is 0.749. The molecule has 1 aliphatic carbocycles. The van der Waals surface area contributed by atoms with E-state index in [4.69, 9.17) is 4.74 Å². The van der Waals surface area contributed by atoms with Gasteiger partial charge in [-0.15, -0.1) is 0 Å². The molecule has 0 radical (unpaired) electrons. The van der Waals surface area contributed by atoms with Crippen LogP contribution < -0.4 is 4.74 Å². The highest BCUT2D eigenvalue weighted by molar-refractivity contribution is 6.30. The van der Waals surface area contributed by atoms with Gasteiger partial charge in [0.05, 0.1) is 11.1 Å². The van der Waals surface area contributed by atoms with Gasteiger partial charge in [0.15, 0.2) is 11.6 Å².